The first-order valence-electron chi connectivity index (χ1n) is 7.12. The maximum atomic E-state index is 12.4. The van der Waals surface area contributed by atoms with Crippen LogP contribution in [-0.2, 0) is 6.42 Å². The van der Waals surface area contributed by atoms with E-state index in [-0.39, 0.29) is 11.9 Å². The lowest BCUT2D eigenvalue weighted by molar-refractivity contribution is 0.102. The van der Waals surface area contributed by atoms with Crippen LogP contribution in [0.15, 0.2) is 24.4 Å². The SMILES string of the molecule is CCCc1cc(C(=O)Nc2ccnn2C(C)C)cc(N)n1. The van der Waals surface area contributed by atoms with Crippen molar-refractivity contribution in [3.8, 4) is 0 Å². The normalized spacial score (nSPS) is 10.9. The minimum absolute atomic E-state index is 0.175. The average molecular weight is 287 g/mol. The summed E-state index contributed by atoms with van der Waals surface area (Å²) >= 11 is 0. The van der Waals surface area contributed by atoms with E-state index in [1.165, 1.54) is 0 Å². The van der Waals surface area contributed by atoms with Crippen molar-refractivity contribution in [2.24, 2.45) is 0 Å². The Bertz CT molecular complexity index is 633. The third-order valence-electron chi connectivity index (χ3n) is 3.07. The fraction of sp³-hybridized carbons (Fsp3) is 0.400. The summed E-state index contributed by atoms with van der Waals surface area (Å²) in [7, 11) is 0. The Labute approximate surface area is 124 Å². The molecule has 0 bridgehead atoms. The second-order valence-electron chi connectivity index (χ2n) is 5.23. The van der Waals surface area contributed by atoms with Gasteiger partial charge < -0.3 is 11.1 Å². The zero-order valence-electron chi connectivity index (χ0n) is 12.6. The number of nitrogen functional groups attached to an aromatic ring is 1. The molecule has 0 aliphatic carbocycles. The number of carbonyl (C=O) groups excluding carboxylic acids is 1. The molecule has 3 N–H and O–H groups in total. The van der Waals surface area contributed by atoms with Gasteiger partial charge in [0.05, 0.1) is 6.20 Å². The standard InChI is InChI=1S/C15H21N5O/c1-4-5-12-8-11(9-13(16)18-12)15(21)19-14-6-7-17-20(14)10(2)3/h6-10H,4-5H2,1-3H3,(H2,16,18)(H,19,21). The van der Waals surface area contributed by atoms with Gasteiger partial charge in [-0.05, 0) is 32.4 Å². The number of nitrogens with zero attached hydrogens (tertiary/aromatic N) is 3. The van der Waals surface area contributed by atoms with Gasteiger partial charge in [-0.2, -0.15) is 5.10 Å². The third-order valence-corrected chi connectivity index (χ3v) is 3.07. The van der Waals surface area contributed by atoms with Crippen LogP contribution in [0.1, 0.15) is 49.3 Å². The number of carbonyl (C=O) groups is 1. The molecule has 2 heterocycles. The maximum Gasteiger partial charge on any atom is 0.257 e. The number of nitrogens with two attached hydrogens (primary N) is 1. The molecule has 112 valence electrons. The smallest absolute Gasteiger partial charge is 0.257 e. The molecule has 0 spiro atoms. The summed E-state index contributed by atoms with van der Waals surface area (Å²) in [4.78, 5) is 16.6. The van der Waals surface area contributed by atoms with Gasteiger partial charge in [-0.15, -0.1) is 0 Å². The summed E-state index contributed by atoms with van der Waals surface area (Å²) in [5.41, 5.74) is 7.12. The van der Waals surface area contributed by atoms with Crippen molar-refractivity contribution in [1.82, 2.24) is 14.8 Å². The van der Waals surface area contributed by atoms with Gasteiger partial charge in [-0.1, -0.05) is 13.3 Å². The number of nitrogens with one attached hydrogen (secondary N) is 1. The maximum absolute atomic E-state index is 12.4. The molecule has 0 radical (unpaired) electrons. The summed E-state index contributed by atoms with van der Waals surface area (Å²) in [6, 6.07) is 5.32. The average Bonchev–Trinajstić information content (AvgIpc) is 2.86. The van der Waals surface area contributed by atoms with E-state index in [0.717, 1.165) is 18.5 Å². The zero-order valence-corrected chi connectivity index (χ0v) is 12.6. The lowest BCUT2D eigenvalue weighted by Crippen LogP contribution is -2.17. The fourth-order valence-corrected chi connectivity index (χ4v) is 2.14. The molecule has 0 aliphatic heterocycles. The predicted octanol–water partition coefficient (Wildman–Crippen LogP) is 2.65. The summed E-state index contributed by atoms with van der Waals surface area (Å²) < 4.78 is 1.76. The van der Waals surface area contributed by atoms with Crippen molar-refractivity contribution in [1.29, 1.82) is 0 Å². The third kappa shape index (κ3) is 3.59. The van der Waals surface area contributed by atoms with Gasteiger partial charge in [0.1, 0.15) is 11.6 Å². The van der Waals surface area contributed by atoms with Crippen molar-refractivity contribution < 1.29 is 4.79 Å². The first-order valence-corrected chi connectivity index (χ1v) is 7.12. The van der Waals surface area contributed by atoms with Gasteiger partial charge in [0.25, 0.3) is 5.91 Å². The summed E-state index contributed by atoms with van der Waals surface area (Å²) in [5, 5.41) is 7.05. The van der Waals surface area contributed by atoms with Crippen LogP contribution in [0.2, 0.25) is 0 Å². The van der Waals surface area contributed by atoms with Crippen LogP contribution in [0.4, 0.5) is 11.6 Å². The van der Waals surface area contributed by atoms with E-state index < -0.39 is 0 Å². The van der Waals surface area contributed by atoms with Crippen molar-refractivity contribution in [3.63, 3.8) is 0 Å². The number of rotatable bonds is 5. The predicted molar refractivity (Wildman–Crippen MR) is 83.2 cm³/mol. The molecule has 1 amide bonds. The van der Waals surface area contributed by atoms with Crippen LogP contribution >= 0.6 is 0 Å². The molecule has 0 saturated heterocycles. The molecular weight excluding hydrogens is 266 g/mol. The molecule has 6 nitrogen and oxygen atoms in total. The van der Waals surface area contributed by atoms with Crippen molar-refractivity contribution in [3.05, 3.63) is 35.7 Å². The number of aromatic nitrogens is 3. The topological polar surface area (TPSA) is 85.8 Å². The van der Waals surface area contributed by atoms with Gasteiger partial charge >= 0.3 is 0 Å². The van der Waals surface area contributed by atoms with Gasteiger partial charge in [0.15, 0.2) is 0 Å². The van der Waals surface area contributed by atoms with E-state index in [9.17, 15) is 4.79 Å². The van der Waals surface area contributed by atoms with Gasteiger partial charge in [-0.3, -0.25) is 4.79 Å². The van der Waals surface area contributed by atoms with Crippen LogP contribution in [0.3, 0.4) is 0 Å². The largest absolute Gasteiger partial charge is 0.384 e. The van der Waals surface area contributed by atoms with Crippen LogP contribution in [0.25, 0.3) is 0 Å². The Balaban J connectivity index is 2.22. The minimum atomic E-state index is -0.205. The highest BCUT2D eigenvalue weighted by atomic mass is 16.1. The Hall–Kier alpha value is -2.37. The van der Waals surface area contributed by atoms with Gasteiger partial charge in [-0.25, -0.2) is 9.67 Å². The first-order chi connectivity index (χ1) is 10.0. The van der Waals surface area contributed by atoms with Crippen molar-refractivity contribution in [2.75, 3.05) is 11.1 Å². The molecule has 0 aromatic carbocycles. The molecule has 0 saturated carbocycles. The van der Waals surface area contributed by atoms with E-state index >= 15 is 0 Å². The number of aryl methyl sites for hydroxylation is 1. The van der Waals surface area contributed by atoms with E-state index in [1.54, 1.807) is 29.1 Å². The molecule has 2 aromatic heterocycles. The molecule has 0 unspecified atom stereocenters. The lowest BCUT2D eigenvalue weighted by Gasteiger charge is -2.12. The number of hydrogen-bond acceptors (Lipinski definition) is 4. The molecule has 21 heavy (non-hydrogen) atoms. The number of anilines is 2. The van der Waals surface area contributed by atoms with E-state index in [0.29, 0.717) is 17.2 Å². The van der Waals surface area contributed by atoms with Crippen LogP contribution in [0.5, 0.6) is 0 Å². The Kier molecular flexibility index (Phi) is 4.57. The Morgan fingerprint density at radius 1 is 1.43 bits per heavy atom. The molecule has 0 aliphatic rings. The minimum Gasteiger partial charge on any atom is -0.384 e. The first kappa shape index (κ1) is 15.0. The van der Waals surface area contributed by atoms with Crippen LogP contribution in [0, 0.1) is 0 Å². The van der Waals surface area contributed by atoms with E-state index in [1.807, 2.05) is 13.8 Å². The van der Waals surface area contributed by atoms with Crippen molar-refractivity contribution in [2.45, 2.75) is 39.7 Å². The Morgan fingerprint density at radius 2 is 2.19 bits per heavy atom. The molecule has 6 heteroatoms. The number of pyridine rings is 1. The number of amides is 1. The molecular formula is C15H21N5O. The summed E-state index contributed by atoms with van der Waals surface area (Å²) in [6.07, 6.45) is 3.42. The van der Waals surface area contributed by atoms with E-state index in [4.69, 9.17) is 5.73 Å². The summed E-state index contributed by atoms with van der Waals surface area (Å²) in [5.74, 6) is 0.828. The highest BCUT2D eigenvalue weighted by molar-refractivity contribution is 6.04. The highest BCUT2D eigenvalue weighted by Gasteiger charge is 2.13. The van der Waals surface area contributed by atoms with Gasteiger partial charge in [0.2, 0.25) is 0 Å². The molecule has 0 atom stereocenters. The summed E-state index contributed by atoms with van der Waals surface area (Å²) in [6.45, 7) is 6.07. The second kappa shape index (κ2) is 6.39. The highest BCUT2D eigenvalue weighted by Crippen LogP contribution is 2.16. The lowest BCUT2D eigenvalue weighted by atomic mass is 10.1. The molecule has 2 rings (SSSR count). The quantitative estimate of drug-likeness (QED) is 0.885. The van der Waals surface area contributed by atoms with Gasteiger partial charge in [0, 0.05) is 23.4 Å². The van der Waals surface area contributed by atoms with E-state index in [2.05, 4.69) is 22.3 Å². The molecule has 0 fully saturated rings. The fourth-order valence-electron chi connectivity index (χ4n) is 2.14. The van der Waals surface area contributed by atoms with Crippen molar-refractivity contribution >= 4 is 17.5 Å². The zero-order chi connectivity index (χ0) is 15.4. The Morgan fingerprint density at radius 3 is 2.86 bits per heavy atom. The van der Waals surface area contributed by atoms with Crippen LogP contribution in [-0.4, -0.2) is 20.7 Å². The molecule has 2 aromatic rings. The monoisotopic (exact) mass is 287 g/mol. The second-order valence-corrected chi connectivity index (χ2v) is 5.23. The van der Waals surface area contributed by atoms with Crippen LogP contribution < -0.4 is 11.1 Å². The number of hydrogen-bond donors (Lipinski definition) is 2.